The summed E-state index contributed by atoms with van der Waals surface area (Å²) in [6, 6.07) is 11.8. The molecule has 2 heterocycles. The molecule has 0 saturated carbocycles. The van der Waals surface area contributed by atoms with Crippen LogP contribution in [0.5, 0.6) is 0 Å². The number of hydrogen-bond acceptors (Lipinski definition) is 4. The highest BCUT2D eigenvalue weighted by Gasteiger charge is 2.19. The van der Waals surface area contributed by atoms with E-state index < -0.39 is 0 Å². The van der Waals surface area contributed by atoms with Crippen LogP contribution in [0.2, 0.25) is 5.15 Å². The average molecular weight is 401 g/mol. The van der Waals surface area contributed by atoms with Crippen LogP contribution < -0.4 is 5.32 Å². The molecule has 5 nitrogen and oxygen atoms in total. The van der Waals surface area contributed by atoms with E-state index in [1.54, 1.807) is 24.5 Å². The van der Waals surface area contributed by atoms with Crippen LogP contribution in [0.3, 0.4) is 0 Å². The Hall–Kier alpha value is -2.31. The van der Waals surface area contributed by atoms with E-state index >= 15 is 0 Å². The summed E-state index contributed by atoms with van der Waals surface area (Å²) in [5, 5.41) is 3.49. The van der Waals surface area contributed by atoms with E-state index in [4.69, 9.17) is 11.6 Å². The second-order valence-electron chi connectivity index (χ2n) is 6.42. The molecular weight excluding hydrogens is 380 g/mol. The number of halogens is 1. The number of aromatic nitrogens is 3. The van der Waals surface area contributed by atoms with Crippen LogP contribution in [0.15, 0.2) is 60.1 Å². The second-order valence-corrected chi connectivity index (χ2v) is 8.08. The van der Waals surface area contributed by atoms with Crippen LogP contribution in [0.4, 0.5) is 5.69 Å². The van der Waals surface area contributed by atoms with Gasteiger partial charge in [0.05, 0.1) is 10.9 Å². The van der Waals surface area contributed by atoms with Crippen molar-refractivity contribution in [3.05, 3.63) is 65.7 Å². The van der Waals surface area contributed by atoms with Gasteiger partial charge in [0.1, 0.15) is 0 Å². The standard InChI is InChI=1S/C20H21ClN4OS/c1-13(2)15-6-8-16(9-7-15)25-12-11-23-20(25)27-14(3)19(26)24-17-5-4-10-22-18(17)21/h4-14H,1-3H3,(H,24,26). The minimum Gasteiger partial charge on any atom is -0.322 e. The van der Waals surface area contributed by atoms with Gasteiger partial charge in [0.25, 0.3) is 0 Å². The lowest BCUT2D eigenvalue weighted by atomic mass is 10.0. The minimum atomic E-state index is -0.350. The van der Waals surface area contributed by atoms with E-state index in [1.807, 2.05) is 17.7 Å². The highest BCUT2D eigenvalue weighted by atomic mass is 35.5. The predicted octanol–water partition coefficient (Wildman–Crippen LogP) is 5.16. The molecule has 140 valence electrons. The van der Waals surface area contributed by atoms with Crippen LogP contribution in [-0.2, 0) is 4.79 Å². The molecule has 0 radical (unpaired) electrons. The zero-order valence-corrected chi connectivity index (χ0v) is 17.0. The zero-order valence-electron chi connectivity index (χ0n) is 15.4. The molecule has 0 bridgehead atoms. The van der Waals surface area contributed by atoms with E-state index in [0.29, 0.717) is 11.6 Å². The molecule has 3 aromatic rings. The Morgan fingerprint density at radius 1 is 1.11 bits per heavy atom. The van der Waals surface area contributed by atoms with E-state index in [0.717, 1.165) is 10.8 Å². The number of benzene rings is 1. The smallest absolute Gasteiger partial charge is 0.237 e. The minimum absolute atomic E-state index is 0.153. The normalized spacial score (nSPS) is 12.2. The van der Waals surface area contributed by atoms with E-state index in [2.05, 4.69) is 53.4 Å². The van der Waals surface area contributed by atoms with Crippen molar-refractivity contribution in [2.24, 2.45) is 0 Å². The van der Waals surface area contributed by atoms with Gasteiger partial charge in [-0.2, -0.15) is 0 Å². The number of rotatable bonds is 6. The van der Waals surface area contributed by atoms with Crippen molar-refractivity contribution in [2.45, 2.75) is 37.1 Å². The maximum atomic E-state index is 12.5. The molecule has 27 heavy (non-hydrogen) atoms. The van der Waals surface area contributed by atoms with Crippen LogP contribution in [0.1, 0.15) is 32.3 Å². The number of carbonyl (C=O) groups excluding carboxylic acids is 1. The summed E-state index contributed by atoms with van der Waals surface area (Å²) in [7, 11) is 0. The molecule has 1 N–H and O–H groups in total. The lowest BCUT2D eigenvalue weighted by molar-refractivity contribution is -0.115. The van der Waals surface area contributed by atoms with Gasteiger partial charge in [-0.25, -0.2) is 9.97 Å². The summed E-state index contributed by atoms with van der Waals surface area (Å²) in [6.45, 7) is 6.18. The van der Waals surface area contributed by atoms with Gasteiger partial charge in [-0.1, -0.05) is 49.3 Å². The fraction of sp³-hybridized carbons (Fsp3) is 0.250. The van der Waals surface area contributed by atoms with Crippen molar-refractivity contribution in [2.75, 3.05) is 5.32 Å². The van der Waals surface area contributed by atoms with Gasteiger partial charge in [0.15, 0.2) is 10.3 Å². The molecule has 0 aliphatic carbocycles. The molecule has 3 rings (SSSR count). The van der Waals surface area contributed by atoms with Crippen molar-refractivity contribution < 1.29 is 4.79 Å². The van der Waals surface area contributed by atoms with Crippen LogP contribution in [0.25, 0.3) is 5.69 Å². The Morgan fingerprint density at radius 3 is 2.52 bits per heavy atom. The first-order chi connectivity index (χ1) is 13.0. The summed E-state index contributed by atoms with van der Waals surface area (Å²) in [5.74, 6) is 0.332. The quantitative estimate of drug-likeness (QED) is 0.458. The first kappa shape index (κ1) is 19.5. The second kappa shape index (κ2) is 8.59. The Morgan fingerprint density at radius 2 is 1.85 bits per heavy atom. The largest absolute Gasteiger partial charge is 0.322 e. The number of hydrogen-bond donors (Lipinski definition) is 1. The third-order valence-electron chi connectivity index (χ3n) is 4.11. The molecule has 0 aliphatic heterocycles. The molecule has 0 fully saturated rings. The molecule has 0 saturated heterocycles. The molecule has 2 aromatic heterocycles. The summed E-state index contributed by atoms with van der Waals surface area (Å²) in [6.07, 6.45) is 5.22. The Balaban J connectivity index is 1.72. The number of imidazole rings is 1. The number of anilines is 1. The number of thioether (sulfide) groups is 1. The molecule has 1 aromatic carbocycles. The van der Waals surface area contributed by atoms with Gasteiger partial charge in [-0.3, -0.25) is 9.36 Å². The van der Waals surface area contributed by atoms with Gasteiger partial charge in [0.2, 0.25) is 5.91 Å². The molecule has 0 spiro atoms. The molecule has 1 atom stereocenters. The number of amides is 1. The van der Waals surface area contributed by atoms with Gasteiger partial charge < -0.3 is 5.32 Å². The van der Waals surface area contributed by atoms with Crippen molar-refractivity contribution in [3.8, 4) is 5.69 Å². The van der Waals surface area contributed by atoms with E-state index in [-0.39, 0.29) is 16.3 Å². The van der Waals surface area contributed by atoms with Crippen LogP contribution in [0, 0.1) is 0 Å². The molecule has 0 aliphatic rings. The fourth-order valence-corrected chi connectivity index (χ4v) is 3.57. The maximum Gasteiger partial charge on any atom is 0.237 e. The fourth-order valence-electron chi connectivity index (χ4n) is 2.52. The SMILES string of the molecule is CC(Sc1nccn1-c1ccc(C(C)C)cc1)C(=O)Nc1cccnc1Cl. The molecule has 1 amide bonds. The Bertz CT molecular complexity index is 924. The van der Waals surface area contributed by atoms with Gasteiger partial charge in [0, 0.05) is 24.3 Å². The number of carbonyl (C=O) groups is 1. The number of pyridine rings is 1. The summed E-state index contributed by atoms with van der Waals surface area (Å²) < 4.78 is 1.98. The molecular formula is C20H21ClN4OS. The zero-order chi connectivity index (χ0) is 19.4. The van der Waals surface area contributed by atoms with Crippen molar-refractivity contribution in [1.29, 1.82) is 0 Å². The average Bonchev–Trinajstić information content (AvgIpc) is 3.11. The monoisotopic (exact) mass is 400 g/mol. The maximum absolute atomic E-state index is 12.5. The summed E-state index contributed by atoms with van der Waals surface area (Å²) in [5.41, 5.74) is 2.81. The van der Waals surface area contributed by atoms with Crippen molar-refractivity contribution in [1.82, 2.24) is 14.5 Å². The predicted molar refractivity (Wildman–Crippen MR) is 111 cm³/mol. The Kier molecular flexibility index (Phi) is 6.19. The highest BCUT2D eigenvalue weighted by Crippen LogP contribution is 2.27. The molecule has 1 unspecified atom stereocenters. The Labute approximate surface area is 168 Å². The van der Waals surface area contributed by atoms with Gasteiger partial charge in [-0.15, -0.1) is 0 Å². The lowest BCUT2D eigenvalue weighted by Gasteiger charge is -2.14. The number of nitrogens with one attached hydrogen (secondary N) is 1. The summed E-state index contributed by atoms with van der Waals surface area (Å²) in [4.78, 5) is 20.9. The van der Waals surface area contributed by atoms with Crippen LogP contribution >= 0.6 is 23.4 Å². The van der Waals surface area contributed by atoms with E-state index in [1.165, 1.54) is 17.3 Å². The summed E-state index contributed by atoms with van der Waals surface area (Å²) >= 11 is 7.40. The first-order valence-corrected chi connectivity index (χ1v) is 9.93. The third kappa shape index (κ3) is 4.70. The lowest BCUT2D eigenvalue weighted by Crippen LogP contribution is -2.23. The number of nitrogens with zero attached hydrogens (tertiary/aromatic N) is 3. The van der Waals surface area contributed by atoms with Crippen molar-refractivity contribution in [3.63, 3.8) is 0 Å². The van der Waals surface area contributed by atoms with Crippen molar-refractivity contribution >= 4 is 35.0 Å². The topological polar surface area (TPSA) is 59.8 Å². The third-order valence-corrected chi connectivity index (χ3v) is 5.49. The van der Waals surface area contributed by atoms with E-state index in [9.17, 15) is 4.79 Å². The highest BCUT2D eigenvalue weighted by molar-refractivity contribution is 8.00. The van der Waals surface area contributed by atoms with Gasteiger partial charge in [-0.05, 0) is 42.7 Å². The first-order valence-electron chi connectivity index (χ1n) is 8.67. The molecule has 7 heteroatoms. The van der Waals surface area contributed by atoms with Gasteiger partial charge >= 0.3 is 0 Å². The van der Waals surface area contributed by atoms with Crippen LogP contribution in [-0.4, -0.2) is 25.7 Å².